The lowest BCUT2D eigenvalue weighted by Crippen LogP contribution is -2.54. The zero-order valence-corrected chi connectivity index (χ0v) is 14.8. The molecular weight excluding hydrogens is 366 g/mol. The Balaban J connectivity index is 1.74. The van der Waals surface area contributed by atoms with E-state index >= 15 is 0 Å². The first-order chi connectivity index (χ1) is 13.4. The highest BCUT2D eigenvalue weighted by Gasteiger charge is 2.45. The zero-order valence-electron chi connectivity index (χ0n) is 14.8. The fraction of sp³-hybridized carbons (Fsp3) is 0.316. The van der Waals surface area contributed by atoms with Crippen LogP contribution in [0, 0.1) is 11.8 Å². The molecule has 1 saturated heterocycles. The third-order valence-electron chi connectivity index (χ3n) is 4.40. The molecule has 4 amide bonds. The number of imide groups is 2. The number of carbonyl (C=O) groups excluding carboxylic acids is 4. The third kappa shape index (κ3) is 3.71. The molecule has 1 fully saturated rings. The van der Waals surface area contributed by atoms with Crippen molar-refractivity contribution < 1.29 is 29.1 Å². The first kappa shape index (κ1) is 19.1. The van der Waals surface area contributed by atoms with Crippen molar-refractivity contribution in [2.45, 2.75) is 31.7 Å². The van der Waals surface area contributed by atoms with Crippen molar-refractivity contribution in [1.29, 1.82) is 0 Å². The molecule has 2 heterocycles. The molecule has 0 aromatic heterocycles. The Labute approximate surface area is 160 Å². The highest BCUT2D eigenvalue weighted by Crippen LogP contribution is 2.32. The summed E-state index contributed by atoms with van der Waals surface area (Å²) in [6, 6.07) is 3.76. The van der Waals surface area contributed by atoms with E-state index in [1.165, 1.54) is 6.07 Å². The Hall–Kier alpha value is -3.67. The van der Waals surface area contributed by atoms with Gasteiger partial charge in [-0.05, 0) is 18.6 Å². The molecule has 1 aromatic rings. The molecule has 144 valence electrons. The van der Waals surface area contributed by atoms with Crippen molar-refractivity contribution in [2.24, 2.45) is 0 Å². The number of hydrogen-bond donors (Lipinski definition) is 3. The SMILES string of the molecule is O=C(O)CC#CCCNc1cccc2c1C(=O)N(C1CCC(=O)NC1=O)C2=O. The van der Waals surface area contributed by atoms with E-state index in [1.54, 1.807) is 12.1 Å². The van der Waals surface area contributed by atoms with Gasteiger partial charge in [-0.25, -0.2) is 0 Å². The van der Waals surface area contributed by atoms with Gasteiger partial charge in [0.15, 0.2) is 0 Å². The lowest BCUT2D eigenvalue weighted by Gasteiger charge is -2.27. The maximum Gasteiger partial charge on any atom is 0.315 e. The van der Waals surface area contributed by atoms with E-state index in [-0.39, 0.29) is 30.4 Å². The second-order valence-corrected chi connectivity index (χ2v) is 6.28. The number of aliphatic carboxylic acids is 1. The maximum absolute atomic E-state index is 12.9. The summed E-state index contributed by atoms with van der Waals surface area (Å²) in [5.41, 5.74) is 0.804. The average Bonchev–Trinajstić information content (AvgIpc) is 2.90. The third-order valence-corrected chi connectivity index (χ3v) is 4.40. The Morgan fingerprint density at radius 2 is 2.00 bits per heavy atom. The fourth-order valence-electron chi connectivity index (χ4n) is 3.15. The number of carboxylic acids is 1. The van der Waals surface area contributed by atoms with Crippen LogP contribution < -0.4 is 10.6 Å². The number of hydrogen-bond acceptors (Lipinski definition) is 6. The van der Waals surface area contributed by atoms with Crippen LogP contribution in [0.15, 0.2) is 18.2 Å². The summed E-state index contributed by atoms with van der Waals surface area (Å²) in [5, 5.41) is 13.7. The molecule has 0 saturated carbocycles. The lowest BCUT2D eigenvalue weighted by molar-refractivity contribution is -0.137. The van der Waals surface area contributed by atoms with Gasteiger partial charge in [-0.2, -0.15) is 0 Å². The number of piperidine rings is 1. The van der Waals surface area contributed by atoms with Crippen molar-refractivity contribution in [2.75, 3.05) is 11.9 Å². The number of benzene rings is 1. The van der Waals surface area contributed by atoms with E-state index in [0.29, 0.717) is 18.7 Å². The second-order valence-electron chi connectivity index (χ2n) is 6.28. The van der Waals surface area contributed by atoms with Crippen molar-refractivity contribution in [3.8, 4) is 11.8 Å². The average molecular weight is 383 g/mol. The predicted octanol–water partition coefficient (Wildman–Crippen LogP) is 0.368. The molecule has 9 heteroatoms. The van der Waals surface area contributed by atoms with E-state index in [2.05, 4.69) is 22.5 Å². The summed E-state index contributed by atoms with van der Waals surface area (Å²) >= 11 is 0. The molecule has 3 N–H and O–H groups in total. The normalized spacial score (nSPS) is 18.3. The molecule has 0 radical (unpaired) electrons. The number of fused-ring (bicyclic) bond motifs is 1. The molecule has 2 aliphatic heterocycles. The van der Waals surface area contributed by atoms with Gasteiger partial charge in [-0.15, -0.1) is 5.92 Å². The monoisotopic (exact) mass is 383 g/mol. The number of rotatable bonds is 5. The number of anilines is 1. The van der Waals surface area contributed by atoms with Gasteiger partial charge < -0.3 is 10.4 Å². The van der Waals surface area contributed by atoms with E-state index < -0.39 is 35.6 Å². The molecular formula is C19H17N3O6. The zero-order chi connectivity index (χ0) is 20.3. The number of carbonyl (C=O) groups is 5. The Bertz CT molecular complexity index is 943. The summed E-state index contributed by atoms with van der Waals surface area (Å²) in [4.78, 5) is 60.3. The van der Waals surface area contributed by atoms with E-state index in [9.17, 15) is 24.0 Å². The predicted molar refractivity (Wildman–Crippen MR) is 96.2 cm³/mol. The molecule has 0 bridgehead atoms. The van der Waals surface area contributed by atoms with Crippen molar-refractivity contribution in [1.82, 2.24) is 10.2 Å². The molecule has 28 heavy (non-hydrogen) atoms. The van der Waals surface area contributed by atoms with Crippen LogP contribution in [0.5, 0.6) is 0 Å². The highest BCUT2D eigenvalue weighted by molar-refractivity contribution is 6.25. The second kappa shape index (κ2) is 7.92. The van der Waals surface area contributed by atoms with Gasteiger partial charge in [-0.3, -0.25) is 34.2 Å². The highest BCUT2D eigenvalue weighted by atomic mass is 16.4. The van der Waals surface area contributed by atoms with Gasteiger partial charge in [-0.1, -0.05) is 12.0 Å². The molecule has 9 nitrogen and oxygen atoms in total. The van der Waals surface area contributed by atoms with Crippen molar-refractivity contribution in [3.63, 3.8) is 0 Å². The first-order valence-electron chi connectivity index (χ1n) is 8.66. The Morgan fingerprint density at radius 3 is 2.71 bits per heavy atom. The van der Waals surface area contributed by atoms with Crippen LogP contribution >= 0.6 is 0 Å². The van der Waals surface area contributed by atoms with Gasteiger partial charge in [0.05, 0.1) is 11.1 Å². The van der Waals surface area contributed by atoms with Crippen LogP contribution in [-0.4, -0.2) is 52.2 Å². The summed E-state index contributed by atoms with van der Waals surface area (Å²) in [5.74, 6) is 1.97. The molecule has 0 spiro atoms. The molecule has 1 unspecified atom stereocenters. The number of amides is 4. The lowest BCUT2D eigenvalue weighted by atomic mass is 10.0. The van der Waals surface area contributed by atoms with Crippen LogP contribution in [0.3, 0.4) is 0 Å². The maximum atomic E-state index is 12.9. The number of carboxylic acid groups (broad SMARTS) is 1. The fourth-order valence-corrected chi connectivity index (χ4v) is 3.15. The minimum absolute atomic E-state index is 0.0595. The van der Waals surface area contributed by atoms with Crippen LogP contribution in [-0.2, 0) is 14.4 Å². The Morgan fingerprint density at radius 1 is 1.21 bits per heavy atom. The van der Waals surface area contributed by atoms with Crippen LogP contribution in [0.1, 0.15) is 46.4 Å². The molecule has 1 aromatic carbocycles. The molecule has 2 aliphatic rings. The molecule has 3 rings (SSSR count). The standard InChI is InChI=1S/C19H17N3O6/c23-14-9-8-13(17(26)21-14)22-18(27)11-5-4-6-12(16(11)19(22)28)20-10-3-1-2-7-15(24)25/h4-6,13,20H,3,7-10H2,(H,24,25)(H,21,23,26). The van der Waals surface area contributed by atoms with E-state index in [1.807, 2.05) is 0 Å². The Kier molecular flexibility index (Phi) is 5.40. The van der Waals surface area contributed by atoms with Crippen LogP contribution in [0.4, 0.5) is 5.69 Å². The van der Waals surface area contributed by atoms with Gasteiger partial charge in [0.1, 0.15) is 12.5 Å². The summed E-state index contributed by atoms with van der Waals surface area (Å²) in [6.07, 6.45) is 0.270. The molecule has 1 atom stereocenters. The summed E-state index contributed by atoms with van der Waals surface area (Å²) < 4.78 is 0. The van der Waals surface area contributed by atoms with Crippen molar-refractivity contribution >= 4 is 35.3 Å². The number of nitrogens with one attached hydrogen (secondary N) is 2. The largest absolute Gasteiger partial charge is 0.481 e. The number of nitrogens with zero attached hydrogens (tertiary/aromatic N) is 1. The van der Waals surface area contributed by atoms with Gasteiger partial charge >= 0.3 is 5.97 Å². The topological polar surface area (TPSA) is 133 Å². The van der Waals surface area contributed by atoms with E-state index in [0.717, 1.165) is 4.90 Å². The minimum atomic E-state index is -1.01. The van der Waals surface area contributed by atoms with Crippen LogP contribution in [0.25, 0.3) is 0 Å². The quantitative estimate of drug-likeness (QED) is 0.380. The smallest absolute Gasteiger partial charge is 0.315 e. The first-order valence-corrected chi connectivity index (χ1v) is 8.66. The van der Waals surface area contributed by atoms with Gasteiger partial charge in [0, 0.05) is 25.1 Å². The van der Waals surface area contributed by atoms with Crippen LogP contribution in [0.2, 0.25) is 0 Å². The van der Waals surface area contributed by atoms with Gasteiger partial charge in [0.25, 0.3) is 11.8 Å². The summed E-state index contributed by atoms with van der Waals surface area (Å²) in [6.45, 7) is 0.350. The minimum Gasteiger partial charge on any atom is -0.481 e. The van der Waals surface area contributed by atoms with Crippen molar-refractivity contribution in [3.05, 3.63) is 29.3 Å². The summed E-state index contributed by atoms with van der Waals surface area (Å²) in [7, 11) is 0. The van der Waals surface area contributed by atoms with Gasteiger partial charge in [0.2, 0.25) is 11.8 Å². The molecule has 0 aliphatic carbocycles. The van der Waals surface area contributed by atoms with E-state index in [4.69, 9.17) is 5.11 Å².